The molecule has 4 aliphatic rings. The van der Waals surface area contributed by atoms with Crippen LogP contribution in [0.4, 0.5) is 0 Å². The van der Waals surface area contributed by atoms with Crippen LogP contribution in [0, 0.1) is 36.5 Å². The van der Waals surface area contributed by atoms with Gasteiger partial charge in [0, 0.05) is 24.6 Å². The Bertz CT molecular complexity index is 1080. The van der Waals surface area contributed by atoms with Crippen LogP contribution in [-0.4, -0.2) is 51.6 Å². The van der Waals surface area contributed by atoms with Gasteiger partial charge in [-0.3, -0.25) is 29.0 Å². The number of para-hydroxylation sites is 1. The number of fused-ring (bicyclic) bond motifs is 4. The van der Waals surface area contributed by atoms with Crippen LogP contribution >= 0.6 is 0 Å². The molecular weight excluding hydrogens is 408 g/mol. The average molecular weight is 437 g/mol. The van der Waals surface area contributed by atoms with Crippen molar-refractivity contribution < 1.29 is 24.3 Å². The minimum Gasteiger partial charge on any atom is -0.507 e. The third kappa shape index (κ3) is 2.60. The molecule has 1 aromatic rings. The highest BCUT2D eigenvalue weighted by Gasteiger charge is 2.61. The van der Waals surface area contributed by atoms with Gasteiger partial charge in [-0.2, -0.15) is 0 Å². The van der Waals surface area contributed by atoms with E-state index in [1.54, 1.807) is 26.8 Å². The fourth-order valence-electron chi connectivity index (χ4n) is 6.62. The summed E-state index contributed by atoms with van der Waals surface area (Å²) >= 11 is 0. The highest BCUT2D eigenvalue weighted by Crippen LogP contribution is 2.58. The van der Waals surface area contributed by atoms with Crippen molar-refractivity contribution in [3.63, 3.8) is 0 Å². The molecule has 1 saturated carbocycles. The number of benzene rings is 1. The van der Waals surface area contributed by atoms with E-state index in [2.05, 4.69) is 0 Å². The summed E-state index contributed by atoms with van der Waals surface area (Å²) in [6.45, 7) is 6.02. The maximum absolute atomic E-state index is 13.3. The molecule has 6 unspecified atom stereocenters. The molecule has 0 radical (unpaired) electrons. The number of aromatic hydroxyl groups is 1. The van der Waals surface area contributed by atoms with E-state index >= 15 is 0 Å². The van der Waals surface area contributed by atoms with Crippen molar-refractivity contribution in [2.45, 2.75) is 39.5 Å². The number of rotatable bonds is 3. The molecule has 7 heteroatoms. The molecule has 2 saturated heterocycles. The summed E-state index contributed by atoms with van der Waals surface area (Å²) in [5, 5.41) is 10.9. The van der Waals surface area contributed by atoms with Crippen molar-refractivity contribution in [1.29, 1.82) is 0 Å². The zero-order valence-electron chi connectivity index (χ0n) is 18.6. The van der Waals surface area contributed by atoms with Gasteiger partial charge < -0.3 is 5.11 Å². The lowest BCUT2D eigenvalue weighted by atomic mass is 9.57. The van der Waals surface area contributed by atoms with Crippen molar-refractivity contribution in [2.24, 2.45) is 29.6 Å². The number of aryl methyl sites for hydroxylation is 1. The molecule has 0 aromatic heterocycles. The van der Waals surface area contributed by atoms with E-state index in [0.717, 1.165) is 5.57 Å². The Hall–Kier alpha value is -2.96. The van der Waals surface area contributed by atoms with Crippen LogP contribution in [-0.2, 0) is 19.2 Å². The molecule has 0 spiro atoms. The van der Waals surface area contributed by atoms with Gasteiger partial charge in [0.15, 0.2) is 0 Å². The monoisotopic (exact) mass is 436 g/mol. The number of nitrogens with zero attached hydrogens (tertiary/aromatic N) is 2. The quantitative estimate of drug-likeness (QED) is 0.580. The second-order valence-electron chi connectivity index (χ2n) is 9.38. The van der Waals surface area contributed by atoms with E-state index in [4.69, 9.17) is 0 Å². The van der Waals surface area contributed by atoms with Gasteiger partial charge in [0.05, 0.1) is 23.7 Å². The lowest BCUT2D eigenvalue weighted by molar-refractivity contribution is -0.141. The fourth-order valence-corrected chi connectivity index (χ4v) is 6.62. The number of imide groups is 2. The number of allylic oxidation sites excluding steroid dienone is 2. The molecule has 1 aromatic carbocycles. The Morgan fingerprint density at radius 1 is 0.875 bits per heavy atom. The van der Waals surface area contributed by atoms with Crippen molar-refractivity contribution >= 4 is 23.6 Å². The third-order valence-electron chi connectivity index (χ3n) is 8.07. The van der Waals surface area contributed by atoms with Gasteiger partial charge in [0.25, 0.3) is 0 Å². The first-order chi connectivity index (χ1) is 15.3. The zero-order valence-corrected chi connectivity index (χ0v) is 18.6. The van der Waals surface area contributed by atoms with Gasteiger partial charge in [-0.25, -0.2) is 0 Å². The topological polar surface area (TPSA) is 95.0 Å². The highest BCUT2D eigenvalue weighted by molar-refractivity contribution is 6.08. The summed E-state index contributed by atoms with van der Waals surface area (Å²) in [6, 6.07) is 5.46. The number of hydrogen-bond acceptors (Lipinski definition) is 5. The maximum atomic E-state index is 13.3. The van der Waals surface area contributed by atoms with E-state index in [0.29, 0.717) is 37.1 Å². The summed E-state index contributed by atoms with van der Waals surface area (Å²) in [7, 11) is 0. The molecule has 32 heavy (non-hydrogen) atoms. The molecule has 2 heterocycles. The van der Waals surface area contributed by atoms with Crippen LogP contribution in [0.1, 0.15) is 43.7 Å². The molecule has 168 valence electrons. The zero-order chi connectivity index (χ0) is 22.9. The lowest BCUT2D eigenvalue weighted by Crippen LogP contribution is -2.43. The summed E-state index contributed by atoms with van der Waals surface area (Å²) in [5.41, 5.74) is 2.24. The highest BCUT2D eigenvalue weighted by atomic mass is 16.3. The van der Waals surface area contributed by atoms with Crippen LogP contribution in [0.3, 0.4) is 0 Å². The number of carbonyl (C=O) groups excluding carboxylic acids is 4. The molecule has 5 rings (SSSR count). The van der Waals surface area contributed by atoms with Crippen LogP contribution in [0.2, 0.25) is 0 Å². The number of phenolic OH excluding ortho intramolecular Hbond substituents is 1. The molecule has 0 bridgehead atoms. The molecule has 4 amide bonds. The maximum Gasteiger partial charge on any atom is 0.234 e. The number of phenols is 1. The standard InChI is InChI=1S/C25H28N2O5/c1-4-26-22(29)15-10-9-13-16(19(15)24(26)31)11-17-20(25(32)27(5-2)23(17)30)18(13)14-8-6-7-12(3)21(14)28/h6-9,15-20,28H,4-5,10-11H2,1-3H3. The van der Waals surface area contributed by atoms with E-state index in [-0.39, 0.29) is 35.3 Å². The summed E-state index contributed by atoms with van der Waals surface area (Å²) in [4.78, 5) is 55.3. The Morgan fingerprint density at radius 3 is 2.16 bits per heavy atom. The summed E-state index contributed by atoms with van der Waals surface area (Å²) in [6.07, 6.45) is 2.83. The Kier molecular flexibility index (Phi) is 4.76. The minimum absolute atomic E-state index is 0.124. The summed E-state index contributed by atoms with van der Waals surface area (Å²) in [5.74, 6) is -3.43. The van der Waals surface area contributed by atoms with Crippen molar-refractivity contribution in [1.82, 2.24) is 9.80 Å². The molecular formula is C25H28N2O5. The smallest absolute Gasteiger partial charge is 0.234 e. The molecule has 2 aliphatic carbocycles. The van der Waals surface area contributed by atoms with Gasteiger partial charge >= 0.3 is 0 Å². The fraction of sp³-hybridized carbons (Fsp3) is 0.520. The predicted molar refractivity (Wildman–Crippen MR) is 115 cm³/mol. The van der Waals surface area contributed by atoms with E-state index in [9.17, 15) is 24.3 Å². The average Bonchev–Trinajstić information content (AvgIpc) is 3.17. The Labute approximate surface area is 187 Å². The van der Waals surface area contributed by atoms with E-state index < -0.39 is 29.6 Å². The first-order valence-corrected chi connectivity index (χ1v) is 11.5. The van der Waals surface area contributed by atoms with Gasteiger partial charge in [0.2, 0.25) is 23.6 Å². The van der Waals surface area contributed by atoms with Gasteiger partial charge in [-0.15, -0.1) is 0 Å². The second kappa shape index (κ2) is 7.29. The van der Waals surface area contributed by atoms with Crippen molar-refractivity contribution in [3.8, 4) is 5.75 Å². The molecule has 1 N–H and O–H groups in total. The normalized spacial score (nSPS) is 33.9. The molecule has 3 fully saturated rings. The van der Waals surface area contributed by atoms with Gasteiger partial charge in [-0.1, -0.05) is 29.8 Å². The molecule has 7 nitrogen and oxygen atoms in total. The van der Waals surface area contributed by atoms with Crippen LogP contribution in [0.5, 0.6) is 5.75 Å². The SMILES string of the molecule is CCN1C(=O)C2CC=C3C(CC4C(=O)N(CC)C(=O)C4C3c3cccc(C)c3O)C2C1=O. The van der Waals surface area contributed by atoms with Gasteiger partial charge in [0.1, 0.15) is 5.75 Å². The number of amides is 4. The van der Waals surface area contributed by atoms with Crippen molar-refractivity contribution in [2.75, 3.05) is 13.1 Å². The largest absolute Gasteiger partial charge is 0.507 e. The van der Waals surface area contributed by atoms with Crippen molar-refractivity contribution in [3.05, 3.63) is 41.0 Å². The second-order valence-corrected chi connectivity index (χ2v) is 9.38. The summed E-state index contributed by atoms with van der Waals surface area (Å²) < 4.78 is 0. The Balaban J connectivity index is 1.67. The number of likely N-dealkylation sites (tertiary alicyclic amines) is 2. The van der Waals surface area contributed by atoms with Crippen LogP contribution in [0.25, 0.3) is 0 Å². The molecule has 2 aliphatic heterocycles. The van der Waals surface area contributed by atoms with Crippen LogP contribution < -0.4 is 0 Å². The van der Waals surface area contributed by atoms with Crippen LogP contribution in [0.15, 0.2) is 29.8 Å². The van der Waals surface area contributed by atoms with E-state index in [1.165, 1.54) is 9.80 Å². The lowest BCUT2D eigenvalue weighted by Gasteiger charge is -2.44. The number of carbonyl (C=O) groups is 4. The molecule has 6 atom stereocenters. The predicted octanol–water partition coefficient (Wildman–Crippen LogP) is 2.38. The third-order valence-corrected chi connectivity index (χ3v) is 8.07. The van der Waals surface area contributed by atoms with Gasteiger partial charge in [-0.05, 0) is 45.1 Å². The van der Waals surface area contributed by atoms with E-state index in [1.807, 2.05) is 18.2 Å². The first kappa shape index (κ1) is 20.9. The Morgan fingerprint density at radius 2 is 1.50 bits per heavy atom. The first-order valence-electron chi connectivity index (χ1n) is 11.5. The minimum atomic E-state index is -0.594. The number of hydrogen-bond donors (Lipinski definition) is 1.